The van der Waals surface area contributed by atoms with Crippen LogP contribution in [0, 0.1) is 6.92 Å². The van der Waals surface area contributed by atoms with Crippen molar-refractivity contribution in [2.45, 2.75) is 62.4 Å². The topological polar surface area (TPSA) is 32.3 Å². The molecule has 0 aromatic heterocycles. The lowest BCUT2D eigenvalue weighted by Crippen LogP contribution is -2.46. The van der Waals surface area contributed by atoms with Crippen LogP contribution in [0.15, 0.2) is 29.2 Å². The first-order chi connectivity index (χ1) is 9.61. The minimum atomic E-state index is -0.0737. The third kappa shape index (κ3) is 5.47. The first kappa shape index (κ1) is 15.9. The molecule has 0 amide bonds. The Morgan fingerprint density at radius 2 is 1.95 bits per heavy atom. The number of aryl methyl sites for hydroxylation is 1. The number of unbranched alkanes of at least 4 members (excludes halogenated alkanes) is 1. The van der Waals surface area contributed by atoms with Gasteiger partial charge in [-0.15, -0.1) is 11.8 Å². The summed E-state index contributed by atoms with van der Waals surface area (Å²) in [5.74, 6) is 1.16. The number of aliphatic hydroxyl groups is 1. The van der Waals surface area contributed by atoms with E-state index in [-0.39, 0.29) is 12.1 Å². The quantitative estimate of drug-likeness (QED) is 0.537. The molecule has 0 saturated heterocycles. The van der Waals surface area contributed by atoms with E-state index < -0.39 is 0 Å². The van der Waals surface area contributed by atoms with Gasteiger partial charge < -0.3 is 10.4 Å². The van der Waals surface area contributed by atoms with Crippen LogP contribution in [0.2, 0.25) is 0 Å². The predicted molar refractivity (Wildman–Crippen MR) is 87.4 cm³/mol. The Balaban J connectivity index is 1.61. The Morgan fingerprint density at radius 3 is 2.55 bits per heavy atom. The smallest absolute Gasteiger partial charge is 0.0610 e. The molecule has 3 heteroatoms. The van der Waals surface area contributed by atoms with E-state index >= 15 is 0 Å². The van der Waals surface area contributed by atoms with Crippen molar-refractivity contribution in [3.05, 3.63) is 29.8 Å². The highest BCUT2D eigenvalue weighted by atomic mass is 32.2. The molecule has 0 radical (unpaired) electrons. The van der Waals surface area contributed by atoms with Gasteiger partial charge in [0.25, 0.3) is 0 Å². The number of nitrogens with one attached hydrogen (secondary N) is 1. The summed E-state index contributed by atoms with van der Waals surface area (Å²) in [5, 5.41) is 13.1. The van der Waals surface area contributed by atoms with Crippen LogP contribution in [-0.2, 0) is 0 Å². The van der Waals surface area contributed by atoms with Gasteiger partial charge in [0.15, 0.2) is 0 Å². The van der Waals surface area contributed by atoms with Crippen molar-refractivity contribution in [2.24, 2.45) is 0 Å². The van der Waals surface area contributed by atoms with Crippen LogP contribution in [-0.4, -0.2) is 29.0 Å². The predicted octanol–water partition coefficient (Wildman–Crippen LogP) is 3.76. The normalized spacial score (nSPS) is 17.9. The van der Waals surface area contributed by atoms with Gasteiger partial charge in [0.05, 0.1) is 6.61 Å². The monoisotopic (exact) mass is 293 g/mol. The minimum absolute atomic E-state index is 0.0737. The standard InChI is InChI=1S/C17H27NOS/c1-14-5-9-16(10-6-14)20-12-4-3-11-17(2,13-19)18-15-7-8-15/h5-6,9-10,15,18-19H,3-4,7-8,11-13H2,1-2H3. The van der Waals surface area contributed by atoms with Crippen LogP contribution in [0.4, 0.5) is 0 Å². The molecule has 1 saturated carbocycles. The van der Waals surface area contributed by atoms with Crippen molar-refractivity contribution in [2.75, 3.05) is 12.4 Å². The second-order valence-electron chi connectivity index (χ2n) is 6.26. The maximum Gasteiger partial charge on any atom is 0.0610 e. The number of aliphatic hydroxyl groups excluding tert-OH is 1. The lowest BCUT2D eigenvalue weighted by molar-refractivity contribution is 0.161. The molecule has 1 aromatic carbocycles. The summed E-state index contributed by atoms with van der Waals surface area (Å²) in [6.45, 7) is 4.52. The summed E-state index contributed by atoms with van der Waals surface area (Å²) in [6, 6.07) is 9.41. The summed E-state index contributed by atoms with van der Waals surface area (Å²) >= 11 is 1.93. The second kappa shape index (κ2) is 7.48. The van der Waals surface area contributed by atoms with Gasteiger partial charge in [0.1, 0.15) is 0 Å². The lowest BCUT2D eigenvalue weighted by Gasteiger charge is -2.29. The van der Waals surface area contributed by atoms with Crippen molar-refractivity contribution < 1.29 is 5.11 Å². The molecule has 1 atom stereocenters. The van der Waals surface area contributed by atoms with E-state index in [1.807, 2.05) is 11.8 Å². The lowest BCUT2D eigenvalue weighted by atomic mass is 9.96. The Hall–Kier alpha value is -0.510. The first-order valence-corrected chi connectivity index (χ1v) is 8.68. The molecule has 1 fully saturated rings. The van der Waals surface area contributed by atoms with Crippen LogP contribution in [0.25, 0.3) is 0 Å². The zero-order valence-corrected chi connectivity index (χ0v) is 13.5. The summed E-state index contributed by atoms with van der Waals surface area (Å²) in [6.07, 6.45) is 6.00. The Kier molecular flexibility index (Phi) is 5.94. The third-order valence-electron chi connectivity index (χ3n) is 3.89. The van der Waals surface area contributed by atoms with Crippen LogP contribution in [0.5, 0.6) is 0 Å². The molecule has 20 heavy (non-hydrogen) atoms. The maximum atomic E-state index is 9.55. The molecule has 0 aliphatic heterocycles. The highest BCUT2D eigenvalue weighted by molar-refractivity contribution is 7.99. The van der Waals surface area contributed by atoms with E-state index in [2.05, 4.69) is 43.4 Å². The Bertz CT molecular complexity index is 402. The fourth-order valence-corrected chi connectivity index (χ4v) is 3.27. The van der Waals surface area contributed by atoms with Crippen LogP contribution < -0.4 is 5.32 Å². The number of hydrogen-bond acceptors (Lipinski definition) is 3. The average Bonchev–Trinajstić information content (AvgIpc) is 3.24. The largest absolute Gasteiger partial charge is 0.394 e. The van der Waals surface area contributed by atoms with E-state index in [4.69, 9.17) is 0 Å². The maximum absolute atomic E-state index is 9.55. The van der Waals surface area contributed by atoms with E-state index in [0.717, 1.165) is 12.2 Å². The molecule has 2 N–H and O–H groups in total. The average molecular weight is 293 g/mol. The fourth-order valence-electron chi connectivity index (χ4n) is 2.36. The Labute approximate surface area is 127 Å². The Morgan fingerprint density at radius 1 is 1.25 bits per heavy atom. The number of rotatable bonds is 9. The zero-order chi connectivity index (χ0) is 14.4. The fraction of sp³-hybridized carbons (Fsp3) is 0.647. The second-order valence-corrected chi connectivity index (χ2v) is 7.42. The van der Waals surface area contributed by atoms with Crippen LogP contribution >= 0.6 is 11.8 Å². The molecular weight excluding hydrogens is 266 g/mol. The molecule has 112 valence electrons. The summed E-state index contributed by atoms with van der Waals surface area (Å²) in [4.78, 5) is 1.36. The van der Waals surface area contributed by atoms with Crippen molar-refractivity contribution >= 4 is 11.8 Å². The number of hydrogen-bond donors (Lipinski definition) is 2. The van der Waals surface area contributed by atoms with Gasteiger partial charge in [-0.1, -0.05) is 24.1 Å². The summed E-state index contributed by atoms with van der Waals surface area (Å²) in [5.41, 5.74) is 1.24. The van der Waals surface area contributed by atoms with Crippen molar-refractivity contribution in [1.29, 1.82) is 0 Å². The minimum Gasteiger partial charge on any atom is -0.394 e. The molecule has 0 spiro atoms. The molecule has 1 aliphatic carbocycles. The number of thioether (sulfide) groups is 1. The third-order valence-corrected chi connectivity index (χ3v) is 4.99. The van der Waals surface area contributed by atoms with Crippen LogP contribution in [0.1, 0.15) is 44.6 Å². The zero-order valence-electron chi connectivity index (χ0n) is 12.7. The van der Waals surface area contributed by atoms with Gasteiger partial charge in [-0.3, -0.25) is 0 Å². The molecule has 0 heterocycles. The van der Waals surface area contributed by atoms with Gasteiger partial charge in [0, 0.05) is 16.5 Å². The molecule has 2 rings (SSSR count). The van der Waals surface area contributed by atoms with E-state index in [1.165, 1.54) is 36.1 Å². The molecule has 0 bridgehead atoms. The van der Waals surface area contributed by atoms with Gasteiger partial charge in [-0.2, -0.15) is 0 Å². The van der Waals surface area contributed by atoms with Crippen molar-refractivity contribution in [3.63, 3.8) is 0 Å². The summed E-state index contributed by atoms with van der Waals surface area (Å²) < 4.78 is 0. The van der Waals surface area contributed by atoms with E-state index in [0.29, 0.717) is 6.04 Å². The van der Waals surface area contributed by atoms with Gasteiger partial charge in [0.2, 0.25) is 0 Å². The molecule has 1 aliphatic rings. The molecule has 1 aromatic rings. The van der Waals surface area contributed by atoms with E-state index in [9.17, 15) is 5.11 Å². The molecule has 2 nitrogen and oxygen atoms in total. The SMILES string of the molecule is Cc1ccc(SCCCCC(C)(CO)NC2CC2)cc1. The summed E-state index contributed by atoms with van der Waals surface area (Å²) in [7, 11) is 0. The highest BCUT2D eigenvalue weighted by Gasteiger charge is 2.31. The van der Waals surface area contributed by atoms with Gasteiger partial charge in [-0.05, 0) is 57.4 Å². The first-order valence-electron chi connectivity index (χ1n) is 7.69. The van der Waals surface area contributed by atoms with Gasteiger partial charge in [-0.25, -0.2) is 0 Å². The number of benzene rings is 1. The molecule has 1 unspecified atom stereocenters. The van der Waals surface area contributed by atoms with Crippen molar-refractivity contribution in [3.8, 4) is 0 Å². The van der Waals surface area contributed by atoms with Crippen molar-refractivity contribution in [1.82, 2.24) is 5.32 Å². The molecular formula is C17H27NOS. The van der Waals surface area contributed by atoms with Gasteiger partial charge >= 0.3 is 0 Å². The van der Waals surface area contributed by atoms with E-state index in [1.54, 1.807) is 0 Å². The van der Waals surface area contributed by atoms with Crippen LogP contribution in [0.3, 0.4) is 0 Å². The highest BCUT2D eigenvalue weighted by Crippen LogP contribution is 2.26.